The molecule has 25 heavy (non-hydrogen) atoms. The zero-order valence-electron chi connectivity index (χ0n) is 15.6. The average Bonchev–Trinajstić information content (AvgIpc) is 2.60. The van der Waals surface area contributed by atoms with Gasteiger partial charge < -0.3 is 14.8 Å². The molecule has 0 saturated carbocycles. The number of aryl methyl sites for hydroxylation is 2. The summed E-state index contributed by atoms with van der Waals surface area (Å²) in [4.78, 5) is 12.3. The Balaban J connectivity index is 1.98. The first-order valence-corrected chi connectivity index (χ1v) is 8.54. The van der Waals surface area contributed by atoms with Crippen molar-refractivity contribution in [3.63, 3.8) is 0 Å². The van der Waals surface area contributed by atoms with Crippen molar-refractivity contribution in [1.29, 1.82) is 0 Å². The van der Waals surface area contributed by atoms with Gasteiger partial charge >= 0.3 is 0 Å². The van der Waals surface area contributed by atoms with E-state index in [4.69, 9.17) is 9.47 Å². The molecule has 0 heterocycles. The van der Waals surface area contributed by atoms with E-state index >= 15 is 0 Å². The Kier molecular flexibility index (Phi) is 6.45. The Morgan fingerprint density at radius 1 is 1.00 bits per heavy atom. The molecule has 0 bridgehead atoms. The van der Waals surface area contributed by atoms with Crippen LogP contribution in [-0.4, -0.2) is 19.6 Å². The Bertz CT molecular complexity index is 708. The van der Waals surface area contributed by atoms with Gasteiger partial charge in [0.05, 0.1) is 13.2 Å². The second-order valence-corrected chi connectivity index (χ2v) is 6.60. The second-order valence-electron chi connectivity index (χ2n) is 6.60. The lowest BCUT2D eigenvalue weighted by atomic mass is 9.96. The lowest BCUT2D eigenvalue weighted by Crippen LogP contribution is -2.35. The quantitative estimate of drug-likeness (QED) is 0.821. The van der Waals surface area contributed by atoms with Crippen molar-refractivity contribution >= 4 is 5.91 Å². The van der Waals surface area contributed by atoms with Gasteiger partial charge in [-0.2, -0.15) is 0 Å². The number of hydrogen-bond donors (Lipinski definition) is 1. The van der Waals surface area contributed by atoms with Gasteiger partial charge in [0.25, 0.3) is 5.91 Å². The van der Waals surface area contributed by atoms with Crippen LogP contribution in [0.15, 0.2) is 42.5 Å². The van der Waals surface area contributed by atoms with E-state index in [1.807, 2.05) is 56.3 Å². The van der Waals surface area contributed by atoms with Gasteiger partial charge in [0, 0.05) is 0 Å². The number of carbonyl (C=O) groups is 1. The van der Waals surface area contributed by atoms with E-state index in [1.54, 1.807) is 7.11 Å². The number of rotatable bonds is 7. The largest absolute Gasteiger partial charge is 0.497 e. The van der Waals surface area contributed by atoms with Gasteiger partial charge in [-0.3, -0.25) is 4.79 Å². The number of hydrogen-bond acceptors (Lipinski definition) is 3. The summed E-state index contributed by atoms with van der Waals surface area (Å²) in [5.74, 6) is 1.64. The third kappa shape index (κ3) is 5.24. The topological polar surface area (TPSA) is 47.6 Å². The molecular weight excluding hydrogens is 314 g/mol. The Morgan fingerprint density at radius 3 is 2.20 bits per heavy atom. The van der Waals surface area contributed by atoms with Gasteiger partial charge in [0.2, 0.25) is 0 Å². The molecule has 0 aromatic heterocycles. The summed E-state index contributed by atoms with van der Waals surface area (Å²) >= 11 is 0. The molecule has 0 saturated heterocycles. The minimum atomic E-state index is -0.132. The summed E-state index contributed by atoms with van der Waals surface area (Å²) < 4.78 is 10.8. The van der Waals surface area contributed by atoms with Gasteiger partial charge in [-0.15, -0.1) is 0 Å². The summed E-state index contributed by atoms with van der Waals surface area (Å²) in [5, 5.41) is 3.06. The van der Waals surface area contributed by atoms with E-state index in [0.29, 0.717) is 5.75 Å². The molecular formula is C21H27NO3. The normalized spacial score (nSPS) is 11.9. The van der Waals surface area contributed by atoms with Gasteiger partial charge in [0.15, 0.2) is 6.61 Å². The van der Waals surface area contributed by atoms with Crippen LogP contribution in [0.4, 0.5) is 0 Å². The lowest BCUT2D eigenvalue weighted by Gasteiger charge is -2.23. The zero-order chi connectivity index (χ0) is 18.4. The van der Waals surface area contributed by atoms with Crippen LogP contribution in [0.2, 0.25) is 0 Å². The third-order valence-electron chi connectivity index (χ3n) is 4.31. The zero-order valence-corrected chi connectivity index (χ0v) is 15.6. The summed E-state index contributed by atoms with van der Waals surface area (Å²) in [6.45, 7) is 8.25. The van der Waals surface area contributed by atoms with Gasteiger partial charge in [-0.1, -0.05) is 32.0 Å². The first-order valence-electron chi connectivity index (χ1n) is 8.54. The fraction of sp³-hybridized carbons (Fsp3) is 0.381. The summed E-state index contributed by atoms with van der Waals surface area (Å²) in [7, 11) is 1.64. The van der Waals surface area contributed by atoms with Crippen molar-refractivity contribution in [3.8, 4) is 11.5 Å². The van der Waals surface area contributed by atoms with Crippen molar-refractivity contribution in [2.75, 3.05) is 13.7 Å². The lowest BCUT2D eigenvalue weighted by molar-refractivity contribution is -0.124. The van der Waals surface area contributed by atoms with Crippen molar-refractivity contribution in [1.82, 2.24) is 5.32 Å². The average molecular weight is 341 g/mol. The van der Waals surface area contributed by atoms with E-state index in [-0.39, 0.29) is 24.5 Å². The predicted octanol–water partition coefficient (Wildman–Crippen LogP) is 4.20. The Hall–Kier alpha value is -2.49. The van der Waals surface area contributed by atoms with Gasteiger partial charge in [0.1, 0.15) is 11.5 Å². The molecule has 0 aliphatic rings. The maximum atomic E-state index is 12.3. The van der Waals surface area contributed by atoms with Crippen LogP contribution in [0.5, 0.6) is 11.5 Å². The van der Waals surface area contributed by atoms with Crippen molar-refractivity contribution in [2.45, 2.75) is 33.7 Å². The molecule has 1 N–H and O–H groups in total. The van der Waals surface area contributed by atoms with Crippen LogP contribution in [0, 0.1) is 19.8 Å². The SMILES string of the molecule is COc1ccc([C@@H](NC(=O)COc2ccc(C)c(C)c2)C(C)C)cc1. The molecule has 0 fully saturated rings. The first-order chi connectivity index (χ1) is 11.9. The molecule has 4 nitrogen and oxygen atoms in total. The highest BCUT2D eigenvalue weighted by atomic mass is 16.5. The van der Waals surface area contributed by atoms with E-state index in [2.05, 4.69) is 19.2 Å². The molecule has 134 valence electrons. The maximum absolute atomic E-state index is 12.3. The number of benzene rings is 2. The molecule has 0 unspecified atom stereocenters. The van der Waals surface area contributed by atoms with Crippen molar-refractivity contribution in [3.05, 3.63) is 59.2 Å². The van der Waals surface area contributed by atoms with Crippen LogP contribution in [0.3, 0.4) is 0 Å². The highest BCUT2D eigenvalue weighted by Crippen LogP contribution is 2.24. The fourth-order valence-electron chi connectivity index (χ4n) is 2.61. The minimum Gasteiger partial charge on any atom is -0.497 e. The molecule has 4 heteroatoms. The fourth-order valence-corrected chi connectivity index (χ4v) is 2.61. The molecule has 1 amide bonds. The van der Waals surface area contributed by atoms with Gasteiger partial charge in [-0.25, -0.2) is 0 Å². The van der Waals surface area contributed by atoms with Crippen LogP contribution < -0.4 is 14.8 Å². The van der Waals surface area contributed by atoms with E-state index in [1.165, 1.54) is 5.56 Å². The number of nitrogens with one attached hydrogen (secondary N) is 1. The van der Waals surface area contributed by atoms with Crippen molar-refractivity contribution in [2.24, 2.45) is 5.92 Å². The highest BCUT2D eigenvalue weighted by molar-refractivity contribution is 5.78. The summed E-state index contributed by atoms with van der Waals surface area (Å²) in [6.07, 6.45) is 0. The smallest absolute Gasteiger partial charge is 0.258 e. The molecule has 2 aromatic rings. The predicted molar refractivity (Wildman–Crippen MR) is 100 cm³/mol. The van der Waals surface area contributed by atoms with Crippen LogP contribution in [0.25, 0.3) is 0 Å². The molecule has 2 rings (SSSR count). The number of carbonyl (C=O) groups excluding carboxylic acids is 1. The van der Waals surface area contributed by atoms with Crippen LogP contribution >= 0.6 is 0 Å². The van der Waals surface area contributed by atoms with E-state index < -0.39 is 0 Å². The third-order valence-corrected chi connectivity index (χ3v) is 4.31. The Labute approximate surface area is 150 Å². The highest BCUT2D eigenvalue weighted by Gasteiger charge is 2.18. The molecule has 0 aliphatic carbocycles. The second kappa shape index (κ2) is 8.56. The molecule has 2 aromatic carbocycles. The summed E-state index contributed by atoms with van der Waals surface area (Å²) in [6, 6.07) is 13.5. The van der Waals surface area contributed by atoms with Crippen LogP contribution in [-0.2, 0) is 4.79 Å². The minimum absolute atomic E-state index is 0.00186. The molecule has 0 radical (unpaired) electrons. The standard InChI is InChI=1S/C21H27NO3/c1-14(2)21(17-7-10-18(24-5)11-8-17)22-20(23)13-25-19-9-6-15(3)16(4)12-19/h6-12,14,21H,13H2,1-5H3,(H,22,23)/t21-/m0/s1. The maximum Gasteiger partial charge on any atom is 0.258 e. The number of amides is 1. The molecule has 0 spiro atoms. The van der Waals surface area contributed by atoms with E-state index in [0.717, 1.165) is 16.9 Å². The number of methoxy groups -OCH3 is 1. The molecule has 0 aliphatic heterocycles. The number of ether oxygens (including phenoxy) is 2. The monoisotopic (exact) mass is 341 g/mol. The van der Waals surface area contributed by atoms with Gasteiger partial charge in [-0.05, 0) is 60.7 Å². The first kappa shape index (κ1) is 18.8. The van der Waals surface area contributed by atoms with Crippen LogP contribution in [0.1, 0.15) is 36.6 Å². The Morgan fingerprint density at radius 2 is 1.64 bits per heavy atom. The summed E-state index contributed by atoms with van der Waals surface area (Å²) in [5.41, 5.74) is 3.41. The molecule has 1 atom stereocenters. The van der Waals surface area contributed by atoms with Crippen molar-refractivity contribution < 1.29 is 14.3 Å². The van der Waals surface area contributed by atoms with E-state index in [9.17, 15) is 4.79 Å².